The molecule has 2 heterocycles. The number of aromatic nitrogens is 2. The zero-order valence-electron chi connectivity index (χ0n) is 20.8. The second-order valence-electron chi connectivity index (χ2n) is 8.51. The van der Waals surface area contributed by atoms with E-state index in [1.165, 1.54) is 36.8 Å². The number of carbonyl (C=O) groups is 1. The van der Waals surface area contributed by atoms with Gasteiger partial charge in [-0.2, -0.15) is 0 Å². The molecular formula is C26H32ClFN4O3. The molecule has 188 valence electrons. The zero-order valence-corrected chi connectivity index (χ0v) is 21.6. The van der Waals surface area contributed by atoms with Crippen molar-refractivity contribution < 1.29 is 19.0 Å². The Morgan fingerprint density at radius 3 is 2.54 bits per heavy atom. The number of rotatable bonds is 7. The summed E-state index contributed by atoms with van der Waals surface area (Å²) >= 11 is 6.06. The summed E-state index contributed by atoms with van der Waals surface area (Å²) in [5, 5.41) is 15.7. The van der Waals surface area contributed by atoms with E-state index < -0.39 is 23.4 Å². The summed E-state index contributed by atoms with van der Waals surface area (Å²) in [6, 6.07) is 7.51. The molecule has 3 rings (SSSR count). The van der Waals surface area contributed by atoms with Gasteiger partial charge in [0.15, 0.2) is 5.75 Å². The molecule has 2 aromatic heterocycles. The first-order valence-corrected chi connectivity index (χ1v) is 11.7. The average Bonchev–Trinajstić information content (AvgIpc) is 2.81. The summed E-state index contributed by atoms with van der Waals surface area (Å²) < 4.78 is 20.5. The SMILES string of the molecule is CC.CC(O)CNC(=O)c1cnccc1Nc1cc(-c2cc(Cl)ccc2F)ncc1OC(C)(C)C. The van der Waals surface area contributed by atoms with Crippen LogP contribution in [0.25, 0.3) is 11.3 Å². The van der Waals surface area contributed by atoms with E-state index in [0.717, 1.165) is 0 Å². The van der Waals surface area contributed by atoms with Gasteiger partial charge in [-0.15, -0.1) is 0 Å². The molecule has 1 aromatic carbocycles. The Balaban J connectivity index is 0.00000210. The van der Waals surface area contributed by atoms with Crippen LogP contribution in [0.3, 0.4) is 0 Å². The molecule has 1 atom stereocenters. The molecular weight excluding hydrogens is 471 g/mol. The fraction of sp³-hybridized carbons (Fsp3) is 0.346. The minimum Gasteiger partial charge on any atom is -0.484 e. The number of hydrogen-bond donors (Lipinski definition) is 3. The normalized spacial score (nSPS) is 11.7. The minimum atomic E-state index is -0.691. The Hall–Kier alpha value is -3.23. The van der Waals surface area contributed by atoms with E-state index in [-0.39, 0.29) is 17.7 Å². The fourth-order valence-electron chi connectivity index (χ4n) is 2.96. The van der Waals surface area contributed by atoms with Gasteiger partial charge in [-0.1, -0.05) is 25.4 Å². The van der Waals surface area contributed by atoms with E-state index in [2.05, 4.69) is 20.6 Å². The maximum atomic E-state index is 14.5. The average molecular weight is 503 g/mol. The number of nitrogens with one attached hydrogen (secondary N) is 2. The fourth-order valence-corrected chi connectivity index (χ4v) is 3.13. The maximum Gasteiger partial charge on any atom is 0.255 e. The predicted molar refractivity (Wildman–Crippen MR) is 138 cm³/mol. The van der Waals surface area contributed by atoms with Crippen molar-refractivity contribution in [2.45, 2.75) is 53.2 Å². The van der Waals surface area contributed by atoms with E-state index in [4.69, 9.17) is 16.3 Å². The van der Waals surface area contributed by atoms with Crippen LogP contribution in [0, 0.1) is 5.82 Å². The Labute approximate surface area is 210 Å². The Kier molecular flexibility index (Phi) is 9.98. The number of amides is 1. The van der Waals surface area contributed by atoms with Crippen molar-refractivity contribution >= 4 is 28.9 Å². The number of carbonyl (C=O) groups excluding carboxylic acids is 1. The molecule has 0 bridgehead atoms. The Bertz CT molecular complexity index is 1150. The predicted octanol–water partition coefficient (Wildman–Crippen LogP) is 5.99. The van der Waals surface area contributed by atoms with Crippen molar-refractivity contribution in [3.05, 3.63) is 65.3 Å². The van der Waals surface area contributed by atoms with Gasteiger partial charge in [0.1, 0.15) is 11.4 Å². The monoisotopic (exact) mass is 502 g/mol. The number of pyridine rings is 2. The number of ether oxygens (including phenoxy) is 1. The van der Waals surface area contributed by atoms with Crippen LogP contribution < -0.4 is 15.4 Å². The van der Waals surface area contributed by atoms with Gasteiger partial charge < -0.3 is 20.5 Å². The lowest BCUT2D eigenvalue weighted by molar-refractivity contribution is 0.0924. The summed E-state index contributed by atoms with van der Waals surface area (Å²) in [6.07, 6.45) is 3.76. The smallest absolute Gasteiger partial charge is 0.255 e. The molecule has 0 aliphatic carbocycles. The van der Waals surface area contributed by atoms with E-state index in [1.54, 1.807) is 19.1 Å². The van der Waals surface area contributed by atoms with Gasteiger partial charge in [-0.25, -0.2) is 4.39 Å². The van der Waals surface area contributed by atoms with Gasteiger partial charge in [-0.3, -0.25) is 14.8 Å². The van der Waals surface area contributed by atoms with Crippen molar-refractivity contribution in [1.29, 1.82) is 0 Å². The van der Waals surface area contributed by atoms with Gasteiger partial charge in [0.25, 0.3) is 5.91 Å². The van der Waals surface area contributed by atoms with Crippen LogP contribution in [0.4, 0.5) is 15.8 Å². The van der Waals surface area contributed by atoms with Gasteiger partial charge in [-0.05, 0) is 58.0 Å². The molecule has 0 saturated carbocycles. The summed E-state index contributed by atoms with van der Waals surface area (Å²) in [5.41, 5.74) is 1.25. The van der Waals surface area contributed by atoms with E-state index in [0.29, 0.717) is 27.8 Å². The lowest BCUT2D eigenvalue weighted by atomic mass is 10.1. The van der Waals surface area contributed by atoms with Crippen LogP contribution in [0.1, 0.15) is 51.9 Å². The lowest BCUT2D eigenvalue weighted by Crippen LogP contribution is -2.31. The molecule has 0 fully saturated rings. The molecule has 3 N–H and O–H groups in total. The van der Waals surface area contributed by atoms with Crippen LogP contribution >= 0.6 is 11.6 Å². The molecule has 0 spiro atoms. The van der Waals surface area contributed by atoms with Gasteiger partial charge in [0.05, 0.1) is 34.9 Å². The first kappa shape index (κ1) is 28.0. The number of benzene rings is 1. The van der Waals surface area contributed by atoms with Crippen molar-refractivity contribution in [2.24, 2.45) is 0 Å². The number of anilines is 2. The van der Waals surface area contributed by atoms with Gasteiger partial charge in [0.2, 0.25) is 0 Å². The Morgan fingerprint density at radius 1 is 1.17 bits per heavy atom. The number of aliphatic hydroxyl groups is 1. The second kappa shape index (κ2) is 12.5. The highest BCUT2D eigenvalue weighted by Crippen LogP contribution is 2.35. The molecule has 35 heavy (non-hydrogen) atoms. The standard InChI is InChI=1S/C24H26ClFN4O3.C2H6/c1-14(31)11-29-23(32)17-12-27-8-7-19(17)30-21-10-20(16-9-15(25)5-6-18(16)26)28-13-22(21)33-24(2,3)4;1-2/h5-10,12-14,31H,11H2,1-4H3,(H,29,32)(H,27,28,30);1-2H3. The molecule has 0 aliphatic rings. The third-order valence-electron chi connectivity index (χ3n) is 4.38. The molecule has 1 amide bonds. The number of aliphatic hydroxyl groups excluding tert-OH is 1. The number of halogens is 2. The van der Waals surface area contributed by atoms with Gasteiger partial charge in [0, 0.05) is 29.5 Å². The van der Waals surface area contributed by atoms with Crippen molar-refractivity contribution in [3.8, 4) is 17.0 Å². The Morgan fingerprint density at radius 2 is 1.89 bits per heavy atom. The molecule has 9 heteroatoms. The molecule has 0 radical (unpaired) electrons. The molecule has 1 unspecified atom stereocenters. The largest absolute Gasteiger partial charge is 0.484 e. The van der Waals surface area contributed by atoms with Crippen LogP contribution in [0.15, 0.2) is 48.9 Å². The highest BCUT2D eigenvalue weighted by atomic mass is 35.5. The molecule has 7 nitrogen and oxygen atoms in total. The summed E-state index contributed by atoms with van der Waals surface area (Å²) in [5.74, 6) is -0.453. The van der Waals surface area contributed by atoms with Crippen LogP contribution in [-0.4, -0.2) is 39.2 Å². The molecule has 0 saturated heterocycles. The minimum absolute atomic E-state index is 0.0962. The zero-order chi connectivity index (χ0) is 26.2. The highest BCUT2D eigenvalue weighted by Gasteiger charge is 2.19. The summed E-state index contributed by atoms with van der Waals surface area (Å²) in [7, 11) is 0. The molecule has 0 aliphatic heterocycles. The molecule has 3 aromatic rings. The first-order valence-electron chi connectivity index (χ1n) is 11.4. The van der Waals surface area contributed by atoms with Crippen molar-refractivity contribution in [1.82, 2.24) is 15.3 Å². The topological polar surface area (TPSA) is 96.4 Å². The maximum absolute atomic E-state index is 14.5. The quantitative estimate of drug-likeness (QED) is 0.367. The van der Waals surface area contributed by atoms with Crippen LogP contribution in [0.2, 0.25) is 5.02 Å². The van der Waals surface area contributed by atoms with Crippen molar-refractivity contribution in [3.63, 3.8) is 0 Å². The third kappa shape index (κ3) is 8.19. The number of hydrogen-bond acceptors (Lipinski definition) is 6. The highest BCUT2D eigenvalue weighted by molar-refractivity contribution is 6.30. The van der Waals surface area contributed by atoms with Crippen LogP contribution in [0.5, 0.6) is 5.75 Å². The lowest BCUT2D eigenvalue weighted by Gasteiger charge is -2.24. The third-order valence-corrected chi connectivity index (χ3v) is 4.62. The number of nitrogens with zero attached hydrogens (tertiary/aromatic N) is 2. The summed E-state index contributed by atoms with van der Waals surface area (Å²) in [4.78, 5) is 21.0. The van der Waals surface area contributed by atoms with Crippen LogP contribution in [-0.2, 0) is 0 Å². The van der Waals surface area contributed by atoms with E-state index in [1.807, 2.05) is 34.6 Å². The van der Waals surface area contributed by atoms with Gasteiger partial charge >= 0.3 is 0 Å². The van der Waals surface area contributed by atoms with Crippen molar-refractivity contribution in [2.75, 3.05) is 11.9 Å². The first-order chi connectivity index (χ1) is 16.5. The van der Waals surface area contributed by atoms with E-state index >= 15 is 0 Å². The summed E-state index contributed by atoms with van der Waals surface area (Å²) in [6.45, 7) is 11.3. The second-order valence-corrected chi connectivity index (χ2v) is 8.95. The van der Waals surface area contributed by atoms with E-state index in [9.17, 15) is 14.3 Å².